The standard InChI is InChI=1S/C16H24N4O4.ClH/c1-4-16(5-2,10-17)19-14(21)11(3)18-15(22)12-7-6-8-13(9-12)20(23)24;/h6-9,11H,4-5,10,17H2,1-3H3,(H,18,22)(H,19,21);1H. The lowest BCUT2D eigenvalue weighted by atomic mass is 9.92. The Morgan fingerprint density at radius 3 is 2.40 bits per heavy atom. The maximum Gasteiger partial charge on any atom is 0.270 e. The molecule has 0 aliphatic heterocycles. The molecule has 1 unspecified atom stereocenters. The third-order valence-electron chi connectivity index (χ3n) is 4.19. The molecule has 0 aliphatic rings. The molecule has 0 fully saturated rings. The molecule has 25 heavy (non-hydrogen) atoms. The summed E-state index contributed by atoms with van der Waals surface area (Å²) >= 11 is 0. The molecule has 0 aliphatic carbocycles. The molecule has 8 nitrogen and oxygen atoms in total. The summed E-state index contributed by atoms with van der Waals surface area (Å²) in [6.45, 7) is 5.72. The fourth-order valence-electron chi connectivity index (χ4n) is 2.24. The summed E-state index contributed by atoms with van der Waals surface area (Å²) in [5, 5.41) is 16.2. The Morgan fingerprint density at radius 1 is 1.32 bits per heavy atom. The number of non-ortho nitro benzene ring substituents is 1. The van der Waals surface area contributed by atoms with Gasteiger partial charge >= 0.3 is 0 Å². The molecule has 9 heteroatoms. The summed E-state index contributed by atoms with van der Waals surface area (Å²) in [5.41, 5.74) is 5.19. The summed E-state index contributed by atoms with van der Waals surface area (Å²) in [6.07, 6.45) is 1.36. The van der Waals surface area contributed by atoms with Crippen molar-refractivity contribution in [3.05, 3.63) is 39.9 Å². The Labute approximate surface area is 153 Å². The Morgan fingerprint density at radius 2 is 1.92 bits per heavy atom. The topological polar surface area (TPSA) is 127 Å². The minimum absolute atomic E-state index is 0. The maximum absolute atomic E-state index is 12.3. The molecule has 0 saturated carbocycles. The largest absolute Gasteiger partial charge is 0.348 e. The number of nitrogens with one attached hydrogen (secondary N) is 2. The van der Waals surface area contributed by atoms with Gasteiger partial charge in [0, 0.05) is 24.2 Å². The van der Waals surface area contributed by atoms with Gasteiger partial charge in [-0.15, -0.1) is 12.4 Å². The number of halogens is 1. The van der Waals surface area contributed by atoms with Crippen LogP contribution in [0.15, 0.2) is 24.3 Å². The quantitative estimate of drug-likeness (QED) is 0.473. The SMILES string of the molecule is CCC(CC)(CN)NC(=O)C(C)NC(=O)c1cccc([N+](=O)[O-])c1.Cl. The molecule has 1 rings (SSSR count). The van der Waals surface area contributed by atoms with Gasteiger partial charge in [-0.1, -0.05) is 19.9 Å². The number of nitrogens with two attached hydrogens (primary N) is 1. The van der Waals surface area contributed by atoms with E-state index in [1.165, 1.54) is 24.3 Å². The number of carbonyl (C=O) groups excluding carboxylic acids is 2. The number of amides is 2. The van der Waals surface area contributed by atoms with Crippen LogP contribution in [0.5, 0.6) is 0 Å². The molecule has 0 heterocycles. The molecule has 1 aromatic carbocycles. The van der Waals surface area contributed by atoms with E-state index in [1.54, 1.807) is 6.92 Å². The first kappa shape index (κ1) is 22.8. The predicted molar refractivity (Wildman–Crippen MR) is 97.8 cm³/mol. The number of hydrogen-bond donors (Lipinski definition) is 3. The smallest absolute Gasteiger partial charge is 0.270 e. The fourth-order valence-corrected chi connectivity index (χ4v) is 2.24. The van der Waals surface area contributed by atoms with Crippen molar-refractivity contribution < 1.29 is 14.5 Å². The number of nitro benzene ring substituents is 1. The predicted octanol–water partition coefficient (Wildman–Crippen LogP) is 1.77. The number of carbonyl (C=O) groups is 2. The summed E-state index contributed by atoms with van der Waals surface area (Å²) in [4.78, 5) is 34.6. The minimum Gasteiger partial charge on any atom is -0.348 e. The van der Waals surface area contributed by atoms with Crippen LogP contribution in [-0.2, 0) is 4.79 Å². The third-order valence-corrected chi connectivity index (χ3v) is 4.19. The highest BCUT2D eigenvalue weighted by Gasteiger charge is 2.29. The lowest BCUT2D eigenvalue weighted by Gasteiger charge is -2.32. The molecule has 0 bridgehead atoms. The molecule has 0 radical (unpaired) electrons. The Balaban J connectivity index is 0.00000576. The number of benzene rings is 1. The van der Waals surface area contributed by atoms with Crippen LogP contribution in [0, 0.1) is 10.1 Å². The normalized spacial score (nSPS) is 11.8. The molecule has 0 spiro atoms. The average Bonchev–Trinajstić information content (AvgIpc) is 2.59. The van der Waals surface area contributed by atoms with Crippen molar-refractivity contribution in [1.29, 1.82) is 0 Å². The molecule has 2 amide bonds. The molecular weight excluding hydrogens is 348 g/mol. The Bertz CT molecular complexity index is 612. The van der Waals surface area contributed by atoms with E-state index in [2.05, 4.69) is 10.6 Å². The van der Waals surface area contributed by atoms with Crippen molar-refractivity contribution in [1.82, 2.24) is 10.6 Å². The van der Waals surface area contributed by atoms with E-state index in [0.29, 0.717) is 19.4 Å². The minimum atomic E-state index is -0.791. The van der Waals surface area contributed by atoms with Crippen molar-refractivity contribution in [2.24, 2.45) is 5.73 Å². The summed E-state index contributed by atoms with van der Waals surface area (Å²) in [7, 11) is 0. The lowest BCUT2D eigenvalue weighted by molar-refractivity contribution is -0.384. The summed E-state index contributed by atoms with van der Waals surface area (Å²) in [6, 6.07) is 4.55. The van der Waals surface area contributed by atoms with Gasteiger partial charge < -0.3 is 16.4 Å². The van der Waals surface area contributed by atoms with E-state index in [1.807, 2.05) is 13.8 Å². The second-order valence-electron chi connectivity index (χ2n) is 5.68. The van der Waals surface area contributed by atoms with Gasteiger partial charge in [-0.3, -0.25) is 19.7 Å². The van der Waals surface area contributed by atoms with Gasteiger partial charge in [-0.2, -0.15) is 0 Å². The molecule has 1 atom stereocenters. The van der Waals surface area contributed by atoms with Gasteiger partial charge in [-0.05, 0) is 25.8 Å². The van der Waals surface area contributed by atoms with Gasteiger partial charge in [0.2, 0.25) is 5.91 Å². The first-order valence-corrected chi connectivity index (χ1v) is 7.86. The Kier molecular flexibility index (Phi) is 9.08. The summed E-state index contributed by atoms with van der Waals surface area (Å²) in [5.74, 6) is -0.893. The molecular formula is C16H25ClN4O4. The van der Waals surface area contributed by atoms with Crippen LogP contribution in [0.25, 0.3) is 0 Å². The van der Waals surface area contributed by atoms with Crippen LogP contribution in [0.3, 0.4) is 0 Å². The molecule has 0 aromatic heterocycles. The van der Waals surface area contributed by atoms with Crippen molar-refractivity contribution in [2.75, 3.05) is 6.54 Å². The van der Waals surface area contributed by atoms with E-state index in [9.17, 15) is 19.7 Å². The van der Waals surface area contributed by atoms with Crippen LogP contribution in [-0.4, -0.2) is 34.9 Å². The van der Waals surface area contributed by atoms with Gasteiger partial charge in [0.15, 0.2) is 0 Å². The monoisotopic (exact) mass is 372 g/mol. The van der Waals surface area contributed by atoms with Crippen LogP contribution in [0.2, 0.25) is 0 Å². The summed E-state index contributed by atoms with van der Waals surface area (Å²) < 4.78 is 0. The number of nitro groups is 1. The fraction of sp³-hybridized carbons (Fsp3) is 0.500. The first-order valence-electron chi connectivity index (χ1n) is 7.86. The number of nitrogens with zero attached hydrogens (tertiary/aromatic N) is 1. The van der Waals surface area contributed by atoms with Crippen LogP contribution in [0.1, 0.15) is 44.0 Å². The van der Waals surface area contributed by atoms with E-state index in [4.69, 9.17) is 5.73 Å². The van der Waals surface area contributed by atoms with Crippen molar-refractivity contribution in [3.8, 4) is 0 Å². The average molecular weight is 373 g/mol. The van der Waals surface area contributed by atoms with Gasteiger partial charge in [-0.25, -0.2) is 0 Å². The molecule has 0 saturated heterocycles. The van der Waals surface area contributed by atoms with Crippen molar-refractivity contribution in [3.63, 3.8) is 0 Å². The second-order valence-corrected chi connectivity index (χ2v) is 5.68. The van der Waals surface area contributed by atoms with Crippen LogP contribution >= 0.6 is 12.4 Å². The highest BCUT2D eigenvalue weighted by Crippen LogP contribution is 2.14. The zero-order chi connectivity index (χ0) is 18.3. The van der Waals surface area contributed by atoms with Gasteiger partial charge in [0.05, 0.1) is 10.5 Å². The third kappa shape index (κ3) is 5.99. The van der Waals surface area contributed by atoms with Gasteiger partial charge in [0.25, 0.3) is 11.6 Å². The van der Waals surface area contributed by atoms with Crippen LogP contribution in [0.4, 0.5) is 5.69 Å². The molecule has 140 valence electrons. The Hall–Kier alpha value is -2.19. The zero-order valence-electron chi connectivity index (χ0n) is 14.6. The molecule has 1 aromatic rings. The highest BCUT2D eigenvalue weighted by atomic mass is 35.5. The maximum atomic E-state index is 12.3. The zero-order valence-corrected chi connectivity index (χ0v) is 15.4. The van der Waals surface area contributed by atoms with Crippen molar-refractivity contribution >= 4 is 29.9 Å². The second kappa shape index (κ2) is 9.95. The van der Waals surface area contributed by atoms with E-state index < -0.39 is 22.4 Å². The van der Waals surface area contributed by atoms with Crippen molar-refractivity contribution in [2.45, 2.75) is 45.2 Å². The van der Waals surface area contributed by atoms with Gasteiger partial charge in [0.1, 0.15) is 6.04 Å². The van der Waals surface area contributed by atoms with E-state index in [0.717, 1.165) is 0 Å². The van der Waals surface area contributed by atoms with E-state index >= 15 is 0 Å². The number of rotatable bonds is 8. The number of hydrogen-bond acceptors (Lipinski definition) is 5. The van der Waals surface area contributed by atoms with Crippen LogP contribution < -0.4 is 16.4 Å². The highest BCUT2D eigenvalue weighted by molar-refractivity contribution is 5.98. The first-order chi connectivity index (χ1) is 11.3. The lowest BCUT2D eigenvalue weighted by Crippen LogP contribution is -2.57. The van der Waals surface area contributed by atoms with E-state index in [-0.39, 0.29) is 29.6 Å². The molecule has 4 N–H and O–H groups in total.